The molecule has 0 aliphatic rings. The van der Waals surface area contributed by atoms with Crippen molar-refractivity contribution in [3.8, 4) is 11.5 Å². The number of carbonyl (C=O) groups excluding carboxylic acids is 2. The van der Waals surface area contributed by atoms with E-state index in [1.165, 1.54) is 18.4 Å². The van der Waals surface area contributed by atoms with Crippen LogP contribution >= 0.6 is 11.3 Å². The summed E-state index contributed by atoms with van der Waals surface area (Å²) in [5.41, 5.74) is 0.987. The maximum absolute atomic E-state index is 12.9. The third kappa shape index (κ3) is 4.09. The molecule has 1 aromatic heterocycles. The molecule has 0 saturated carbocycles. The molecule has 3 aromatic rings. The number of thiophene rings is 1. The van der Waals surface area contributed by atoms with E-state index in [0.717, 1.165) is 10.1 Å². The summed E-state index contributed by atoms with van der Waals surface area (Å²) in [6, 6.07) is 12.1. The van der Waals surface area contributed by atoms with Gasteiger partial charge in [0.05, 0.1) is 25.9 Å². The van der Waals surface area contributed by atoms with Gasteiger partial charge in [-0.3, -0.25) is 4.79 Å². The highest BCUT2D eigenvalue weighted by atomic mass is 32.1. The van der Waals surface area contributed by atoms with E-state index in [4.69, 9.17) is 9.47 Å². The molecule has 0 unspecified atom stereocenters. The Kier molecular flexibility index (Phi) is 5.84. The molecular formula is C21H21NO5S. The van der Waals surface area contributed by atoms with Crippen molar-refractivity contribution >= 4 is 39.0 Å². The van der Waals surface area contributed by atoms with Gasteiger partial charge in [-0.05, 0) is 56.3 Å². The van der Waals surface area contributed by atoms with Crippen molar-refractivity contribution < 1.29 is 23.8 Å². The number of anilines is 1. The van der Waals surface area contributed by atoms with Crippen molar-refractivity contribution in [3.63, 3.8) is 0 Å². The predicted octanol–water partition coefficient (Wildman–Crippen LogP) is 4.74. The molecule has 0 fully saturated rings. The van der Waals surface area contributed by atoms with Gasteiger partial charge in [-0.25, -0.2) is 4.79 Å². The summed E-state index contributed by atoms with van der Waals surface area (Å²) >= 11 is 1.36. The Bertz CT molecular complexity index is 1010. The summed E-state index contributed by atoms with van der Waals surface area (Å²) in [5, 5.41) is 3.69. The second kappa shape index (κ2) is 8.31. The first-order valence-electron chi connectivity index (χ1n) is 8.70. The first-order chi connectivity index (χ1) is 13.4. The molecule has 0 bridgehead atoms. The molecular weight excluding hydrogens is 378 g/mol. The molecule has 0 radical (unpaired) electrons. The molecule has 7 heteroatoms. The van der Waals surface area contributed by atoms with Crippen LogP contribution in [0.4, 0.5) is 5.69 Å². The maximum Gasteiger partial charge on any atom is 0.337 e. The van der Waals surface area contributed by atoms with E-state index in [0.29, 0.717) is 27.6 Å². The number of carbonyl (C=O) groups is 2. The van der Waals surface area contributed by atoms with Gasteiger partial charge in [0.15, 0.2) is 5.75 Å². The number of nitrogens with one attached hydrogen (secondary N) is 1. The lowest BCUT2D eigenvalue weighted by Crippen LogP contribution is -2.14. The number of benzene rings is 2. The molecule has 0 spiro atoms. The third-order valence-corrected chi connectivity index (χ3v) is 5.12. The van der Waals surface area contributed by atoms with Gasteiger partial charge >= 0.3 is 5.97 Å². The number of methoxy groups -OCH3 is 2. The lowest BCUT2D eigenvalue weighted by molar-refractivity contribution is 0.0600. The molecule has 1 heterocycles. The Balaban J connectivity index is 1.93. The highest BCUT2D eigenvalue weighted by Crippen LogP contribution is 2.40. The van der Waals surface area contributed by atoms with Crippen molar-refractivity contribution in [3.05, 3.63) is 52.9 Å². The second-order valence-electron chi connectivity index (χ2n) is 6.31. The number of amides is 1. The Morgan fingerprint density at radius 2 is 1.75 bits per heavy atom. The number of fused-ring (bicyclic) bond motifs is 1. The van der Waals surface area contributed by atoms with Crippen LogP contribution in [0.25, 0.3) is 10.1 Å². The molecule has 1 amide bonds. The molecule has 146 valence electrons. The number of esters is 1. The lowest BCUT2D eigenvalue weighted by Gasteiger charge is -2.12. The fourth-order valence-corrected chi connectivity index (χ4v) is 3.69. The molecule has 0 aliphatic carbocycles. The summed E-state index contributed by atoms with van der Waals surface area (Å²) in [5.74, 6) is 0.535. The van der Waals surface area contributed by atoms with Gasteiger partial charge in [-0.2, -0.15) is 0 Å². The van der Waals surface area contributed by atoms with E-state index in [2.05, 4.69) is 10.1 Å². The fourth-order valence-electron chi connectivity index (χ4n) is 2.68. The number of hydrogen-bond donors (Lipinski definition) is 1. The second-order valence-corrected chi connectivity index (χ2v) is 7.36. The maximum atomic E-state index is 12.9. The first-order valence-corrected chi connectivity index (χ1v) is 9.51. The first kappa shape index (κ1) is 19.7. The Morgan fingerprint density at radius 3 is 2.36 bits per heavy atom. The summed E-state index contributed by atoms with van der Waals surface area (Å²) in [4.78, 5) is 24.9. The van der Waals surface area contributed by atoms with Crippen LogP contribution < -0.4 is 14.8 Å². The summed E-state index contributed by atoms with van der Waals surface area (Å²) in [6.45, 7) is 3.83. The fraction of sp³-hybridized carbons (Fsp3) is 0.238. The standard InChI is InChI=1S/C21H21NO5S/c1-12(2)27-18-16-11-15(25-3)9-10-17(16)28-19(18)20(23)22-14-7-5-13(6-8-14)21(24)26-4/h5-12H,1-4H3,(H,22,23). The van der Waals surface area contributed by atoms with Crippen LogP contribution in [0.15, 0.2) is 42.5 Å². The molecule has 1 N–H and O–H groups in total. The Morgan fingerprint density at radius 1 is 1.04 bits per heavy atom. The minimum atomic E-state index is -0.427. The molecule has 2 aromatic carbocycles. The van der Waals surface area contributed by atoms with E-state index in [1.54, 1.807) is 31.4 Å². The average Bonchev–Trinajstić information content (AvgIpc) is 3.05. The highest BCUT2D eigenvalue weighted by Gasteiger charge is 2.21. The molecule has 3 rings (SSSR count). The van der Waals surface area contributed by atoms with Crippen LogP contribution in [0.1, 0.15) is 33.9 Å². The van der Waals surface area contributed by atoms with Gasteiger partial charge in [-0.15, -0.1) is 11.3 Å². The summed E-state index contributed by atoms with van der Waals surface area (Å²) in [6.07, 6.45) is -0.0881. The van der Waals surface area contributed by atoms with Gasteiger partial charge in [0.2, 0.25) is 0 Å². The van der Waals surface area contributed by atoms with Crippen molar-refractivity contribution in [2.75, 3.05) is 19.5 Å². The van der Waals surface area contributed by atoms with E-state index in [1.807, 2.05) is 32.0 Å². The lowest BCUT2D eigenvalue weighted by atomic mass is 10.2. The topological polar surface area (TPSA) is 73.9 Å². The zero-order valence-electron chi connectivity index (χ0n) is 16.1. The van der Waals surface area contributed by atoms with Gasteiger partial charge < -0.3 is 19.5 Å². The number of hydrogen-bond acceptors (Lipinski definition) is 6. The number of rotatable bonds is 6. The van der Waals surface area contributed by atoms with E-state index in [-0.39, 0.29) is 12.0 Å². The van der Waals surface area contributed by atoms with Crippen LogP contribution in [0, 0.1) is 0 Å². The number of ether oxygens (including phenoxy) is 3. The van der Waals surface area contributed by atoms with Gasteiger partial charge in [0.1, 0.15) is 10.6 Å². The van der Waals surface area contributed by atoms with Crippen LogP contribution in [-0.4, -0.2) is 32.2 Å². The van der Waals surface area contributed by atoms with Gasteiger partial charge in [0.25, 0.3) is 5.91 Å². The van der Waals surface area contributed by atoms with E-state index < -0.39 is 5.97 Å². The van der Waals surface area contributed by atoms with Gasteiger partial charge in [0, 0.05) is 15.8 Å². The average molecular weight is 399 g/mol. The normalized spacial score (nSPS) is 10.8. The zero-order valence-corrected chi connectivity index (χ0v) is 16.9. The van der Waals surface area contributed by atoms with Crippen LogP contribution in [0.5, 0.6) is 11.5 Å². The van der Waals surface area contributed by atoms with Crippen molar-refractivity contribution in [1.29, 1.82) is 0 Å². The van der Waals surface area contributed by atoms with Crippen molar-refractivity contribution in [1.82, 2.24) is 0 Å². The summed E-state index contributed by atoms with van der Waals surface area (Å²) in [7, 11) is 2.92. The minimum absolute atomic E-state index is 0.0881. The summed E-state index contributed by atoms with van der Waals surface area (Å²) < 4.78 is 16.9. The SMILES string of the molecule is COC(=O)c1ccc(NC(=O)c2sc3ccc(OC)cc3c2OC(C)C)cc1. The smallest absolute Gasteiger partial charge is 0.337 e. The Labute approximate surface area is 167 Å². The zero-order chi connectivity index (χ0) is 20.3. The van der Waals surface area contributed by atoms with E-state index in [9.17, 15) is 9.59 Å². The third-order valence-electron chi connectivity index (χ3n) is 3.97. The largest absolute Gasteiger partial charge is 0.497 e. The monoisotopic (exact) mass is 399 g/mol. The van der Waals surface area contributed by atoms with Crippen molar-refractivity contribution in [2.24, 2.45) is 0 Å². The molecule has 6 nitrogen and oxygen atoms in total. The minimum Gasteiger partial charge on any atom is -0.497 e. The molecule has 0 saturated heterocycles. The Hall–Kier alpha value is -3.06. The highest BCUT2D eigenvalue weighted by molar-refractivity contribution is 7.21. The molecule has 28 heavy (non-hydrogen) atoms. The van der Waals surface area contributed by atoms with Crippen molar-refractivity contribution in [2.45, 2.75) is 20.0 Å². The predicted molar refractivity (Wildman–Crippen MR) is 110 cm³/mol. The van der Waals surface area contributed by atoms with E-state index >= 15 is 0 Å². The van der Waals surface area contributed by atoms with Gasteiger partial charge in [-0.1, -0.05) is 0 Å². The van der Waals surface area contributed by atoms with Crippen LogP contribution in [-0.2, 0) is 4.74 Å². The van der Waals surface area contributed by atoms with Crippen LogP contribution in [0.2, 0.25) is 0 Å². The molecule has 0 aliphatic heterocycles. The van der Waals surface area contributed by atoms with Crippen LogP contribution in [0.3, 0.4) is 0 Å². The molecule has 0 atom stereocenters. The quantitative estimate of drug-likeness (QED) is 0.606.